The Kier molecular flexibility index (Phi) is 3.28. The Balaban J connectivity index is 2.10. The van der Waals surface area contributed by atoms with Gasteiger partial charge in [0.25, 0.3) is 0 Å². The van der Waals surface area contributed by atoms with Crippen molar-refractivity contribution >= 4 is 5.78 Å². The highest BCUT2D eigenvalue weighted by atomic mass is 16.5. The van der Waals surface area contributed by atoms with E-state index in [9.17, 15) is 4.79 Å². The Bertz CT molecular complexity index is 437. The highest BCUT2D eigenvalue weighted by molar-refractivity contribution is 5.84. The Hall–Kier alpha value is -1.22. The second-order valence-corrected chi connectivity index (χ2v) is 6.23. The third-order valence-corrected chi connectivity index (χ3v) is 3.56. The lowest BCUT2D eigenvalue weighted by atomic mass is 9.82. The molecule has 0 aliphatic carbocycles. The molecule has 0 spiro atoms. The van der Waals surface area contributed by atoms with Crippen LogP contribution in [0.2, 0.25) is 0 Å². The second kappa shape index (κ2) is 4.47. The molecule has 0 aromatic carbocycles. The van der Waals surface area contributed by atoms with Crippen LogP contribution < -0.4 is 0 Å². The summed E-state index contributed by atoms with van der Waals surface area (Å²) < 4.78 is 5.97. The number of pyridine rings is 1. The first-order valence-corrected chi connectivity index (χ1v) is 6.42. The number of Topliss-reactive ketones (excluding diaryl/α,β-unsaturated/α-hetero) is 1. The van der Waals surface area contributed by atoms with Gasteiger partial charge in [-0.25, -0.2) is 0 Å². The van der Waals surface area contributed by atoms with Crippen molar-refractivity contribution in [3.05, 3.63) is 30.1 Å². The van der Waals surface area contributed by atoms with Crippen LogP contribution >= 0.6 is 0 Å². The van der Waals surface area contributed by atoms with Crippen LogP contribution in [0.5, 0.6) is 0 Å². The van der Waals surface area contributed by atoms with E-state index in [1.807, 2.05) is 39.8 Å². The maximum Gasteiger partial charge on any atom is 0.143 e. The van der Waals surface area contributed by atoms with E-state index in [2.05, 4.69) is 4.98 Å². The van der Waals surface area contributed by atoms with Crippen molar-refractivity contribution < 1.29 is 9.53 Å². The standard InChI is InChI=1S/C15H21NO2/c1-14(2)9-12(15(3,4)18-14)13(17)8-11-6-5-7-16-10-11/h5-7,10,12H,8-9H2,1-4H3. The van der Waals surface area contributed by atoms with Crippen LogP contribution in [0.1, 0.15) is 39.7 Å². The largest absolute Gasteiger partial charge is 0.369 e. The smallest absolute Gasteiger partial charge is 0.143 e. The molecule has 2 heterocycles. The first-order valence-electron chi connectivity index (χ1n) is 6.42. The van der Waals surface area contributed by atoms with Gasteiger partial charge in [-0.05, 0) is 45.7 Å². The fourth-order valence-electron chi connectivity index (χ4n) is 2.89. The molecular formula is C15H21NO2. The predicted octanol–water partition coefficient (Wildman–Crippen LogP) is 2.79. The van der Waals surface area contributed by atoms with Crippen molar-refractivity contribution in [1.82, 2.24) is 4.98 Å². The van der Waals surface area contributed by atoms with Gasteiger partial charge in [0.2, 0.25) is 0 Å². The SMILES string of the molecule is CC1(C)CC(C(=O)Cc2cccnc2)C(C)(C)O1. The van der Waals surface area contributed by atoms with Crippen molar-refractivity contribution in [3.8, 4) is 0 Å². The number of hydrogen-bond donors (Lipinski definition) is 0. The number of nitrogens with zero attached hydrogens (tertiary/aromatic N) is 1. The highest BCUT2D eigenvalue weighted by Gasteiger charge is 2.48. The highest BCUT2D eigenvalue weighted by Crippen LogP contribution is 2.42. The molecule has 3 heteroatoms. The van der Waals surface area contributed by atoms with Gasteiger partial charge in [-0.1, -0.05) is 6.07 Å². The minimum Gasteiger partial charge on any atom is -0.369 e. The third-order valence-electron chi connectivity index (χ3n) is 3.56. The number of hydrogen-bond acceptors (Lipinski definition) is 3. The molecule has 18 heavy (non-hydrogen) atoms. The molecule has 1 aliphatic rings. The van der Waals surface area contributed by atoms with Crippen molar-refractivity contribution in [2.75, 3.05) is 0 Å². The van der Waals surface area contributed by atoms with E-state index in [-0.39, 0.29) is 22.9 Å². The minimum atomic E-state index is -0.372. The average Bonchev–Trinajstić information content (AvgIpc) is 2.48. The lowest BCUT2D eigenvalue weighted by molar-refractivity contribution is -0.128. The number of aromatic nitrogens is 1. The second-order valence-electron chi connectivity index (χ2n) is 6.23. The fraction of sp³-hybridized carbons (Fsp3) is 0.600. The zero-order chi connectivity index (χ0) is 13.4. The third kappa shape index (κ3) is 2.78. The Morgan fingerprint density at radius 1 is 1.44 bits per heavy atom. The van der Waals surface area contributed by atoms with Crippen molar-refractivity contribution in [1.29, 1.82) is 0 Å². The van der Waals surface area contributed by atoms with E-state index in [4.69, 9.17) is 4.74 Å². The zero-order valence-electron chi connectivity index (χ0n) is 11.6. The van der Waals surface area contributed by atoms with E-state index in [1.54, 1.807) is 12.4 Å². The van der Waals surface area contributed by atoms with Crippen LogP contribution in [0, 0.1) is 5.92 Å². The van der Waals surface area contributed by atoms with Gasteiger partial charge < -0.3 is 4.74 Å². The lowest BCUT2D eigenvalue weighted by Crippen LogP contribution is -2.34. The molecule has 1 atom stereocenters. The van der Waals surface area contributed by atoms with Gasteiger partial charge in [0.05, 0.1) is 11.2 Å². The van der Waals surface area contributed by atoms with Gasteiger partial charge in [0, 0.05) is 24.7 Å². The van der Waals surface area contributed by atoms with Crippen LogP contribution in [-0.2, 0) is 16.0 Å². The molecule has 0 N–H and O–H groups in total. The summed E-state index contributed by atoms with van der Waals surface area (Å²) in [5.41, 5.74) is 0.393. The summed E-state index contributed by atoms with van der Waals surface area (Å²) in [5.74, 6) is 0.214. The topological polar surface area (TPSA) is 39.2 Å². The molecule has 0 saturated carbocycles. The molecule has 1 unspecified atom stereocenters. The lowest BCUT2D eigenvalue weighted by Gasteiger charge is -2.26. The molecule has 1 fully saturated rings. The Labute approximate surface area is 109 Å². The van der Waals surface area contributed by atoms with E-state index in [1.165, 1.54) is 0 Å². The van der Waals surface area contributed by atoms with Gasteiger partial charge in [0.15, 0.2) is 0 Å². The summed E-state index contributed by atoms with van der Waals surface area (Å²) in [6, 6.07) is 3.81. The van der Waals surface area contributed by atoms with Crippen molar-refractivity contribution in [2.24, 2.45) is 5.92 Å². The van der Waals surface area contributed by atoms with Gasteiger partial charge in [-0.3, -0.25) is 9.78 Å². The summed E-state index contributed by atoms with van der Waals surface area (Å²) in [6.45, 7) is 8.11. The quantitative estimate of drug-likeness (QED) is 0.824. The zero-order valence-corrected chi connectivity index (χ0v) is 11.6. The first-order chi connectivity index (χ1) is 8.30. The summed E-state index contributed by atoms with van der Waals surface area (Å²) in [6.07, 6.45) is 4.71. The molecule has 1 aromatic rings. The molecule has 1 saturated heterocycles. The fourth-order valence-corrected chi connectivity index (χ4v) is 2.89. The van der Waals surface area contributed by atoms with Crippen LogP contribution in [0.4, 0.5) is 0 Å². The van der Waals surface area contributed by atoms with E-state index >= 15 is 0 Å². The van der Waals surface area contributed by atoms with Crippen LogP contribution in [0.25, 0.3) is 0 Å². The molecule has 1 aromatic heterocycles. The van der Waals surface area contributed by atoms with Crippen molar-refractivity contribution in [2.45, 2.75) is 51.7 Å². The van der Waals surface area contributed by atoms with Crippen molar-refractivity contribution in [3.63, 3.8) is 0 Å². The summed E-state index contributed by atoms with van der Waals surface area (Å²) in [4.78, 5) is 16.5. The monoisotopic (exact) mass is 247 g/mol. The molecule has 0 amide bonds. The van der Waals surface area contributed by atoms with Gasteiger partial charge in [-0.15, -0.1) is 0 Å². The first kappa shape index (κ1) is 13.2. The van der Waals surface area contributed by atoms with Gasteiger partial charge in [-0.2, -0.15) is 0 Å². The van der Waals surface area contributed by atoms with Crippen LogP contribution in [0.3, 0.4) is 0 Å². The van der Waals surface area contributed by atoms with E-state index in [0.717, 1.165) is 12.0 Å². The molecule has 2 rings (SSSR count). The van der Waals surface area contributed by atoms with Crippen LogP contribution in [0.15, 0.2) is 24.5 Å². The normalized spacial score (nSPS) is 25.0. The molecule has 98 valence electrons. The number of carbonyl (C=O) groups excluding carboxylic acids is 1. The van der Waals surface area contributed by atoms with E-state index < -0.39 is 0 Å². The molecule has 1 aliphatic heterocycles. The number of carbonyl (C=O) groups is 1. The number of ketones is 1. The van der Waals surface area contributed by atoms with Crippen LogP contribution in [-0.4, -0.2) is 22.0 Å². The molecule has 3 nitrogen and oxygen atoms in total. The van der Waals surface area contributed by atoms with E-state index in [0.29, 0.717) is 6.42 Å². The maximum absolute atomic E-state index is 12.4. The van der Waals surface area contributed by atoms with Gasteiger partial charge >= 0.3 is 0 Å². The summed E-state index contributed by atoms with van der Waals surface area (Å²) in [5, 5.41) is 0. The molecule has 0 radical (unpaired) electrons. The Morgan fingerprint density at radius 3 is 2.67 bits per heavy atom. The average molecular weight is 247 g/mol. The minimum absolute atomic E-state index is 0.0345. The predicted molar refractivity (Wildman–Crippen MR) is 70.3 cm³/mol. The summed E-state index contributed by atoms with van der Waals surface area (Å²) >= 11 is 0. The Morgan fingerprint density at radius 2 is 2.17 bits per heavy atom. The number of ether oxygens (including phenoxy) is 1. The molecular weight excluding hydrogens is 226 g/mol. The molecule has 0 bridgehead atoms. The maximum atomic E-state index is 12.4. The van der Waals surface area contributed by atoms with Gasteiger partial charge in [0.1, 0.15) is 5.78 Å². The summed E-state index contributed by atoms with van der Waals surface area (Å²) in [7, 11) is 0. The number of rotatable bonds is 3.